The van der Waals surface area contributed by atoms with Gasteiger partial charge in [-0.2, -0.15) is 0 Å². The van der Waals surface area contributed by atoms with Gasteiger partial charge in [0, 0.05) is 28.4 Å². The predicted octanol–water partition coefficient (Wildman–Crippen LogP) is 4.56. The van der Waals surface area contributed by atoms with Gasteiger partial charge in [-0.3, -0.25) is 4.79 Å². The number of carbonyl (C=O) groups excluding carboxylic acids is 1. The fraction of sp³-hybridized carbons (Fsp3) is 0.136. The summed E-state index contributed by atoms with van der Waals surface area (Å²) in [7, 11) is 1.42. The van der Waals surface area contributed by atoms with Crippen LogP contribution in [0.2, 0.25) is 0 Å². The van der Waals surface area contributed by atoms with Crippen LogP contribution < -0.4 is 0 Å². The molecule has 0 saturated heterocycles. The molecule has 3 heteroatoms. The molecule has 0 amide bonds. The molecule has 3 nitrogen and oxygen atoms in total. The Morgan fingerprint density at radius 3 is 1.88 bits per heavy atom. The maximum Gasteiger partial charge on any atom is 0.309 e. The van der Waals surface area contributed by atoms with E-state index in [1.54, 1.807) is 0 Å². The van der Waals surface area contributed by atoms with Gasteiger partial charge in [0.15, 0.2) is 0 Å². The first-order chi connectivity index (χ1) is 12.3. The van der Waals surface area contributed by atoms with Crippen molar-refractivity contribution in [3.8, 4) is 0 Å². The molecule has 3 aromatic carbocycles. The Kier molecular flexibility index (Phi) is 3.98. The molecule has 1 aromatic heterocycles. The fourth-order valence-electron chi connectivity index (χ4n) is 3.36. The Morgan fingerprint density at radius 2 is 1.32 bits per heavy atom. The summed E-state index contributed by atoms with van der Waals surface area (Å²) in [6.07, 6.45) is 0.312. The predicted molar refractivity (Wildman–Crippen MR) is 101 cm³/mol. The van der Waals surface area contributed by atoms with E-state index in [0.29, 0.717) is 6.42 Å². The smallest absolute Gasteiger partial charge is 0.309 e. The number of ether oxygens (including phenoxy) is 1. The summed E-state index contributed by atoms with van der Waals surface area (Å²) < 4.78 is 7.07. The molecule has 0 radical (unpaired) electrons. The second-order valence-electron chi connectivity index (χ2n) is 6.19. The van der Waals surface area contributed by atoms with Gasteiger partial charge in [-0.25, -0.2) is 0 Å². The van der Waals surface area contributed by atoms with E-state index in [1.165, 1.54) is 34.5 Å². The molecule has 0 bridgehead atoms. The van der Waals surface area contributed by atoms with Gasteiger partial charge in [-0.05, 0) is 23.3 Å². The second kappa shape index (κ2) is 6.44. The minimum Gasteiger partial charge on any atom is -0.469 e. The number of hydrogen-bond acceptors (Lipinski definition) is 2. The fourth-order valence-corrected chi connectivity index (χ4v) is 3.36. The molecule has 0 aliphatic heterocycles. The summed E-state index contributed by atoms with van der Waals surface area (Å²) in [5.41, 5.74) is 4.66. The molecule has 0 atom stereocenters. The van der Waals surface area contributed by atoms with Gasteiger partial charge in [0.1, 0.15) is 0 Å². The zero-order chi connectivity index (χ0) is 17.2. The Labute approximate surface area is 146 Å². The van der Waals surface area contributed by atoms with E-state index >= 15 is 0 Å². The lowest BCUT2D eigenvalue weighted by Gasteiger charge is -2.09. The zero-order valence-electron chi connectivity index (χ0n) is 14.1. The van der Waals surface area contributed by atoms with Crippen LogP contribution in [0.25, 0.3) is 21.8 Å². The van der Waals surface area contributed by atoms with E-state index in [9.17, 15) is 4.79 Å². The lowest BCUT2D eigenvalue weighted by molar-refractivity contribution is -0.139. The van der Waals surface area contributed by atoms with E-state index in [4.69, 9.17) is 4.74 Å². The lowest BCUT2D eigenvalue weighted by Crippen LogP contribution is -2.05. The highest BCUT2D eigenvalue weighted by Gasteiger charge is 2.10. The summed E-state index contributed by atoms with van der Waals surface area (Å²) in [5, 5.41) is 2.56. The van der Waals surface area contributed by atoms with Crippen LogP contribution in [0.4, 0.5) is 0 Å². The van der Waals surface area contributed by atoms with Crippen molar-refractivity contribution in [2.24, 2.45) is 0 Å². The van der Waals surface area contributed by atoms with E-state index in [-0.39, 0.29) is 5.97 Å². The molecule has 0 aliphatic carbocycles. The van der Waals surface area contributed by atoms with Gasteiger partial charge in [0.25, 0.3) is 0 Å². The van der Waals surface area contributed by atoms with E-state index in [1.807, 2.05) is 12.1 Å². The van der Waals surface area contributed by atoms with Crippen LogP contribution in [-0.4, -0.2) is 17.6 Å². The summed E-state index contributed by atoms with van der Waals surface area (Å²) in [5.74, 6) is -0.213. The maximum atomic E-state index is 11.4. The zero-order valence-corrected chi connectivity index (χ0v) is 14.1. The number of rotatable bonds is 4. The third-order valence-electron chi connectivity index (χ3n) is 4.62. The Hall–Kier alpha value is -3.07. The highest BCUT2D eigenvalue weighted by atomic mass is 16.5. The number of methoxy groups -OCH3 is 1. The average molecular weight is 329 g/mol. The third-order valence-corrected chi connectivity index (χ3v) is 4.62. The SMILES string of the molecule is COC(=O)Cc1ccc(Cn2c3ccccc3c3ccccc32)cc1. The minimum absolute atomic E-state index is 0.213. The van der Waals surface area contributed by atoms with Gasteiger partial charge >= 0.3 is 5.97 Å². The highest BCUT2D eigenvalue weighted by Crippen LogP contribution is 2.29. The largest absolute Gasteiger partial charge is 0.469 e. The normalized spacial score (nSPS) is 11.1. The van der Waals surface area contributed by atoms with E-state index in [2.05, 4.69) is 65.2 Å². The van der Waals surface area contributed by atoms with Crippen molar-refractivity contribution in [3.05, 3.63) is 83.9 Å². The van der Waals surface area contributed by atoms with Crippen LogP contribution in [0.15, 0.2) is 72.8 Å². The molecule has 124 valence electrons. The van der Waals surface area contributed by atoms with Gasteiger partial charge in [0.2, 0.25) is 0 Å². The first-order valence-electron chi connectivity index (χ1n) is 8.37. The molecule has 25 heavy (non-hydrogen) atoms. The molecule has 4 aromatic rings. The van der Waals surface area contributed by atoms with Crippen molar-refractivity contribution in [1.82, 2.24) is 4.57 Å². The van der Waals surface area contributed by atoms with Crippen LogP contribution in [0.1, 0.15) is 11.1 Å². The van der Waals surface area contributed by atoms with Gasteiger partial charge in [0.05, 0.1) is 13.5 Å². The molecule has 0 N–H and O–H groups in total. The molecule has 4 rings (SSSR count). The van der Waals surface area contributed by atoms with Gasteiger partial charge < -0.3 is 9.30 Å². The standard InChI is InChI=1S/C22H19NO2/c1-25-22(24)14-16-10-12-17(13-11-16)15-23-20-8-4-2-6-18(20)19-7-3-5-9-21(19)23/h2-13H,14-15H2,1H3. The third kappa shape index (κ3) is 2.89. The first kappa shape index (κ1) is 15.5. The van der Waals surface area contributed by atoms with Crippen LogP contribution in [-0.2, 0) is 22.5 Å². The van der Waals surface area contributed by atoms with E-state index in [0.717, 1.165) is 12.1 Å². The molecule has 1 heterocycles. The van der Waals surface area contributed by atoms with Crippen LogP contribution in [0.5, 0.6) is 0 Å². The molecular formula is C22H19NO2. The number of carbonyl (C=O) groups is 1. The van der Waals surface area contributed by atoms with Crippen molar-refractivity contribution in [1.29, 1.82) is 0 Å². The minimum atomic E-state index is -0.213. The Bertz CT molecular complexity index is 991. The quantitative estimate of drug-likeness (QED) is 0.514. The summed E-state index contributed by atoms with van der Waals surface area (Å²) >= 11 is 0. The number of nitrogens with zero attached hydrogens (tertiary/aromatic N) is 1. The van der Waals surface area contributed by atoms with Crippen LogP contribution in [0, 0.1) is 0 Å². The summed E-state index contributed by atoms with van der Waals surface area (Å²) in [4.78, 5) is 11.4. The molecule has 0 spiro atoms. The van der Waals surface area contributed by atoms with Gasteiger partial charge in [-0.15, -0.1) is 0 Å². The topological polar surface area (TPSA) is 31.2 Å². The number of aromatic nitrogens is 1. The number of fused-ring (bicyclic) bond motifs is 3. The van der Waals surface area contributed by atoms with E-state index < -0.39 is 0 Å². The maximum absolute atomic E-state index is 11.4. The summed E-state index contributed by atoms with van der Waals surface area (Å²) in [6, 6.07) is 25.2. The van der Waals surface area contributed by atoms with Crippen molar-refractivity contribution in [2.75, 3.05) is 7.11 Å². The highest BCUT2D eigenvalue weighted by molar-refractivity contribution is 6.08. The molecule has 0 unspecified atom stereocenters. The number of benzene rings is 3. The number of hydrogen-bond donors (Lipinski definition) is 0. The molecule has 0 saturated carbocycles. The van der Waals surface area contributed by atoms with Crippen molar-refractivity contribution >= 4 is 27.8 Å². The Balaban J connectivity index is 1.71. The number of esters is 1. The Morgan fingerprint density at radius 1 is 0.800 bits per heavy atom. The number of para-hydroxylation sites is 2. The van der Waals surface area contributed by atoms with Gasteiger partial charge in [-0.1, -0.05) is 60.7 Å². The van der Waals surface area contributed by atoms with Crippen molar-refractivity contribution < 1.29 is 9.53 Å². The van der Waals surface area contributed by atoms with Crippen molar-refractivity contribution in [2.45, 2.75) is 13.0 Å². The second-order valence-corrected chi connectivity index (χ2v) is 6.19. The monoisotopic (exact) mass is 329 g/mol. The first-order valence-corrected chi connectivity index (χ1v) is 8.37. The van der Waals surface area contributed by atoms with Crippen molar-refractivity contribution in [3.63, 3.8) is 0 Å². The lowest BCUT2D eigenvalue weighted by atomic mass is 10.1. The molecular weight excluding hydrogens is 310 g/mol. The average Bonchev–Trinajstić information content (AvgIpc) is 2.97. The van der Waals surface area contributed by atoms with Crippen LogP contribution >= 0.6 is 0 Å². The van der Waals surface area contributed by atoms with Crippen LogP contribution in [0.3, 0.4) is 0 Å². The molecule has 0 fully saturated rings. The molecule has 0 aliphatic rings. The summed E-state index contributed by atoms with van der Waals surface area (Å²) in [6.45, 7) is 0.798.